The van der Waals surface area contributed by atoms with Gasteiger partial charge in [-0.1, -0.05) is 35.9 Å². The summed E-state index contributed by atoms with van der Waals surface area (Å²) in [6.45, 7) is 3.99. The maximum atomic E-state index is 12.6. The van der Waals surface area contributed by atoms with Gasteiger partial charge in [-0.3, -0.25) is 4.79 Å². The van der Waals surface area contributed by atoms with Gasteiger partial charge in [-0.2, -0.15) is 0 Å². The van der Waals surface area contributed by atoms with Gasteiger partial charge < -0.3 is 4.90 Å². The van der Waals surface area contributed by atoms with E-state index in [0.717, 1.165) is 5.56 Å². The van der Waals surface area contributed by atoms with Crippen LogP contribution in [0.15, 0.2) is 66.1 Å². The lowest BCUT2D eigenvalue weighted by molar-refractivity contribution is 0.0785. The van der Waals surface area contributed by atoms with Gasteiger partial charge in [0, 0.05) is 30.7 Å². The third-order valence-electron chi connectivity index (χ3n) is 3.49. The Kier molecular flexibility index (Phi) is 6.36. The van der Waals surface area contributed by atoms with Gasteiger partial charge >= 0.3 is 0 Å². The Labute approximate surface area is 153 Å². The second-order valence-corrected chi connectivity index (χ2v) is 7.66. The average Bonchev–Trinajstić information content (AvgIpc) is 2.61. The van der Waals surface area contributed by atoms with E-state index in [0.29, 0.717) is 17.1 Å². The molecule has 0 fully saturated rings. The van der Waals surface area contributed by atoms with Crippen LogP contribution in [-0.4, -0.2) is 32.8 Å². The fourth-order valence-electron chi connectivity index (χ4n) is 2.20. The summed E-state index contributed by atoms with van der Waals surface area (Å²) in [5, 5.41) is 0.627. The Morgan fingerprint density at radius 3 is 2.56 bits per heavy atom. The number of amides is 1. The molecule has 132 valence electrons. The van der Waals surface area contributed by atoms with Crippen LogP contribution in [0.1, 0.15) is 15.9 Å². The van der Waals surface area contributed by atoms with Crippen molar-refractivity contribution in [3.8, 4) is 0 Å². The number of benzene rings is 2. The van der Waals surface area contributed by atoms with Gasteiger partial charge in [0.25, 0.3) is 5.91 Å². The van der Waals surface area contributed by atoms with Crippen molar-refractivity contribution in [1.29, 1.82) is 0 Å². The molecule has 2 aromatic carbocycles. The van der Waals surface area contributed by atoms with E-state index in [-0.39, 0.29) is 17.3 Å². The minimum Gasteiger partial charge on any atom is -0.337 e. The summed E-state index contributed by atoms with van der Waals surface area (Å²) in [6, 6.07) is 13.1. The molecule has 0 aliphatic carbocycles. The Morgan fingerprint density at radius 1 is 1.24 bits per heavy atom. The minimum atomic E-state index is -3.67. The molecule has 1 N–H and O–H groups in total. The van der Waals surface area contributed by atoms with Crippen molar-refractivity contribution in [2.24, 2.45) is 0 Å². The fraction of sp³-hybridized carbons (Fsp3) is 0.167. The molecule has 0 spiro atoms. The van der Waals surface area contributed by atoms with E-state index in [9.17, 15) is 13.2 Å². The summed E-state index contributed by atoms with van der Waals surface area (Å²) >= 11 is 5.85. The third-order valence-corrected chi connectivity index (χ3v) is 5.16. The molecule has 5 nitrogen and oxygen atoms in total. The summed E-state index contributed by atoms with van der Waals surface area (Å²) < 4.78 is 26.7. The molecule has 0 unspecified atom stereocenters. The maximum absolute atomic E-state index is 12.6. The lowest BCUT2D eigenvalue weighted by atomic mass is 10.1. The summed E-state index contributed by atoms with van der Waals surface area (Å²) in [5.74, 6) is -0.268. The Bertz CT molecular complexity index is 864. The van der Waals surface area contributed by atoms with E-state index in [2.05, 4.69) is 11.3 Å². The smallest absolute Gasteiger partial charge is 0.253 e. The number of rotatable bonds is 7. The predicted molar refractivity (Wildman–Crippen MR) is 99.1 cm³/mol. The number of sulfonamides is 1. The van der Waals surface area contributed by atoms with E-state index < -0.39 is 10.0 Å². The van der Waals surface area contributed by atoms with Gasteiger partial charge in [-0.15, -0.1) is 6.58 Å². The van der Waals surface area contributed by atoms with E-state index in [1.54, 1.807) is 31.3 Å². The molecular formula is C18H19ClN2O3S. The number of carbonyl (C=O) groups is 1. The molecular weight excluding hydrogens is 360 g/mol. The highest BCUT2D eigenvalue weighted by atomic mass is 35.5. The van der Waals surface area contributed by atoms with Crippen LogP contribution in [-0.2, 0) is 16.6 Å². The van der Waals surface area contributed by atoms with Gasteiger partial charge in [-0.05, 0) is 35.9 Å². The number of nitrogens with zero attached hydrogens (tertiary/aromatic N) is 1. The van der Waals surface area contributed by atoms with Crippen molar-refractivity contribution in [2.45, 2.75) is 11.4 Å². The first-order valence-electron chi connectivity index (χ1n) is 7.54. The minimum absolute atomic E-state index is 0.0418. The zero-order valence-electron chi connectivity index (χ0n) is 13.8. The highest BCUT2D eigenvalue weighted by Crippen LogP contribution is 2.15. The van der Waals surface area contributed by atoms with E-state index in [1.165, 1.54) is 23.1 Å². The first-order valence-corrected chi connectivity index (χ1v) is 9.40. The Hall–Kier alpha value is -2.15. The molecule has 0 atom stereocenters. The van der Waals surface area contributed by atoms with Crippen molar-refractivity contribution in [3.05, 3.63) is 77.3 Å². The molecule has 0 bridgehead atoms. The van der Waals surface area contributed by atoms with Crippen LogP contribution in [0, 0.1) is 0 Å². The number of nitrogens with one attached hydrogen (secondary N) is 1. The highest BCUT2D eigenvalue weighted by Gasteiger charge is 2.17. The quantitative estimate of drug-likeness (QED) is 0.753. The highest BCUT2D eigenvalue weighted by molar-refractivity contribution is 7.89. The van der Waals surface area contributed by atoms with Gasteiger partial charge in [0.2, 0.25) is 10.0 Å². The summed E-state index contributed by atoms with van der Waals surface area (Å²) in [6.07, 6.45) is 1.45. The lowest BCUT2D eigenvalue weighted by Crippen LogP contribution is -2.27. The SMILES string of the molecule is C=CCNS(=O)(=O)c1cccc(C(=O)N(C)Cc2ccc(Cl)cc2)c1. The topological polar surface area (TPSA) is 66.5 Å². The second-order valence-electron chi connectivity index (χ2n) is 5.46. The molecule has 0 aliphatic heterocycles. The molecule has 1 amide bonds. The molecule has 0 saturated carbocycles. The van der Waals surface area contributed by atoms with E-state index >= 15 is 0 Å². The van der Waals surface area contributed by atoms with E-state index in [1.807, 2.05) is 12.1 Å². The van der Waals surface area contributed by atoms with Gasteiger partial charge in [0.1, 0.15) is 0 Å². The monoisotopic (exact) mass is 378 g/mol. The van der Waals surface area contributed by atoms with Crippen LogP contribution in [0.3, 0.4) is 0 Å². The fourth-order valence-corrected chi connectivity index (χ4v) is 3.37. The Balaban J connectivity index is 2.17. The van der Waals surface area contributed by atoms with Crippen LogP contribution in [0.5, 0.6) is 0 Å². The maximum Gasteiger partial charge on any atom is 0.253 e. The average molecular weight is 379 g/mol. The summed E-state index contributed by atoms with van der Waals surface area (Å²) in [4.78, 5) is 14.1. The molecule has 0 aromatic heterocycles. The normalized spacial score (nSPS) is 11.1. The molecule has 0 heterocycles. The molecule has 7 heteroatoms. The van der Waals surface area contributed by atoms with Crippen LogP contribution in [0.25, 0.3) is 0 Å². The number of carbonyl (C=O) groups excluding carboxylic acids is 1. The Morgan fingerprint density at radius 2 is 1.92 bits per heavy atom. The van der Waals surface area contributed by atoms with E-state index in [4.69, 9.17) is 11.6 Å². The molecule has 0 saturated heterocycles. The summed E-state index contributed by atoms with van der Waals surface area (Å²) in [5.41, 5.74) is 1.23. The number of hydrogen-bond acceptors (Lipinski definition) is 3. The van der Waals surface area contributed by atoms with Crippen LogP contribution in [0.2, 0.25) is 5.02 Å². The first kappa shape index (κ1) is 19.2. The zero-order chi connectivity index (χ0) is 18.4. The van der Waals surface area contributed by atoms with Crippen LogP contribution in [0.4, 0.5) is 0 Å². The first-order chi connectivity index (χ1) is 11.8. The van der Waals surface area contributed by atoms with Crippen LogP contribution >= 0.6 is 11.6 Å². The standard InChI is InChI=1S/C18H19ClN2O3S/c1-3-11-20-25(23,24)17-6-4-5-15(12-17)18(22)21(2)13-14-7-9-16(19)10-8-14/h3-10,12,20H,1,11,13H2,2H3. The van der Waals surface area contributed by atoms with Crippen molar-refractivity contribution < 1.29 is 13.2 Å². The van der Waals surface area contributed by atoms with Gasteiger partial charge in [0.15, 0.2) is 0 Å². The molecule has 2 aromatic rings. The summed E-state index contributed by atoms with van der Waals surface area (Å²) in [7, 11) is -2.01. The third kappa shape index (κ3) is 5.16. The predicted octanol–water partition coefficient (Wildman–Crippen LogP) is 3.08. The number of hydrogen-bond donors (Lipinski definition) is 1. The van der Waals surface area contributed by atoms with Gasteiger partial charge in [0.05, 0.1) is 4.90 Å². The van der Waals surface area contributed by atoms with Crippen molar-refractivity contribution in [3.63, 3.8) is 0 Å². The molecule has 0 radical (unpaired) electrons. The second kappa shape index (κ2) is 8.29. The van der Waals surface area contributed by atoms with Crippen molar-refractivity contribution >= 4 is 27.5 Å². The number of halogens is 1. The molecule has 2 rings (SSSR count). The largest absolute Gasteiger partial charge is 0.337 e. The zero-order valence-corrected chi connectivity index (χ0v) is 15.3. The molecule has 25 heavy (non-hydrogen) atoms. The lowest BCUT2D eigenvalue weighted by Gasteiger charge is -2.18. The molecule has 0 aliphatic rings. The van der Waals surface area contributed by atoms with Crippen molar-refractivity contribution in [2.75, 3.05) is 13.6 Å². The van der Waals surface area contributed by atoms with Crippen molar-refractivity contribution in [1.82, 2.24) is 9.62 Å². The van der Waals surface area contributed by atoms with Crippen LogP contribution < -0.4 is 4.72 Å². The van der Waals surface area contributed by atoms with Gasteiger partial charge in [-0.25, -0.2) is 13.1 Å².